The van der Waals surface area contributed by atoms with Gasteiger partial charge in [0, 0.05) is 29.6 Å². The molecule has 3 rings (SSSR count). The van der Waals surface area contributed by atoms with Crippen LogP contribution in [0.4, 0.5) is 8.78 Å². The van der Waals surface area contributed by atoms with Gasteiger partial charge in [-0.3, -0.25) is 9.48 Å². The first kappa shape index (κ1) is 15.5. The summed E-state index contributed by atoms with van der Waals surface area (Å²) in [5, 5.41) is 6.68. The van der Waals surface area contributed by atoms with Gasteiger partial charge in [-0.2, -0.15) is 5.10 Å². The van der Waals surface area contributed by atoms with Gasteiger partial charge in [-0.05, 0) is 6.07 Å². The number of rotatable bonds is 5. The zero-order chi connectivity index (χ0) is 16.4. The predicted octanol–water partition coefficient (Wildman–Crippen LogP) is 3.98. The van der Waals surface area contributed by atoms with Gasteiger partial charge in [0.05, 0.1) is 24.0 Å². The first-order valence-corrected chi connectivity index (χ1v) is 7.74. The van der Waals surface area contributed by atoms with Gasteiger partial charge in [0.2, 0.25) is 0 Å². The second kappa shape index (κ2) is 6.00. The Labute approximate surface area is 135 Å². The quantitative estimate of drug-likeness (QED) is 0.664. The predicted molar refractivity (Wildman–Crippen MR) is 83.8 cm³/mol. The molecule has 4 nitrogen and oxygen atoms in total. The zero-order valence-electron chi connectivity index (χ0n) is 12.2. The molecular weight excluding hydrogens is 320 g/mol. The monoisotopic (exact) mass is 333 g/mol. The van der Waals surface area contributed by atoms with Crippen LogP contribution in [0.25, 0.3) is 11.3 Å². The normalized spacial score (nSPS) is 11.6. The average Bonchev–Trinajstić information content (AvgIpc) is 3.16. The van der Waals surface area contributed by atoms with Crippen molar-refractivity contribution in [1.82, 2.24) is 14.8 Å². The lowest BCUT2D eigenvalue weighted by Crippen LogP contribution is -2.06. The highest BCUT2D eigenvalue weighted by Gasteiger charge is 2.24. The number of thiazole rings is 1. The third-order valence-electron chi connectivity index (χ3n) is 3.30. The van der Waals surface area contributed by atoms with Crippen molar-refractivity contribution in [3.8, 4) is 11.3 Å². The summed E-state index contributed by atoms with van der Waals surface area (Å²) in [5.41, 5.74) is 1.77. The summed E-state index contributed by atoms with van der Waals surface area (Å²) < 4.78 is 28.5. The molecule has 2 heterocycles. The maximum atomic E-state index is 13.4. The summed E-state index contributed by atoms with van der Waals surface area (Å²) in [4.78, 5) is 15.1. The van der Waals surface area contributed by atoms with Crippen molar-refractivity contribution in [2.75, 3.05) is 0 Å². The highest BCUT2D eigenvalue weighted by atomic mass is 32.1. The van der Waals surface area contributed by atoms with E-state index in [1.807, 2.05) is 5.38 Å². The van der Waals surface area contributed by atoms with Gasteiger partial charge in [0.15, 0.2) is 6.29 Å². The maximum absolute atomic E-state index is 13.4. The Morgan fingerprint density at radius 3 is 2.91 bits per heavy atom. The molecule has 7 heteroatoms. The zero-order valence-corrected chi connectivity index (χ0v) is 13.1. The van der Waals surface area contributed by atoms with Crippen LogP contribution < -0.4 is 0 Å². The first-order chi connectivity index (χ1) is 11.0. The standard InChI is InChI=1S/C16H13F2N3OS/c1-16(17,18)13-4-2-3-12(5-13)14-10-23-15(20-14)8-21-7-11(9-22)6-19-21/h2-7,9-10H,8H2,1H3. The Balaban J connectivity index is 1.83. The molecular formula is C16H13F2N3OS. The molecule has 0 unspecified atom stereocenters. The Kier molecular flexibility index (Phi) is 4.04. The van der Waals surface area contributed by atoms with Crippen LogP contribution in [0, 0.1) is 0 Å². The van der Waals surface area contributed by atoms with Crippen LogP contribution in [0.2, 0.25) is 0 Å². The average molecular weight is 333 g/mol. The lowest BCUT2D eigenvalue weighted by molar-refractivity contribution is 0.0175. The van der Waals surface area contributed by atoms with E-state index in [0.29, 0.717) is 23.4 Å². The fraction of sp³-hybridized carbons (Fsp3) is 0.188. The van der Waals surface area contributed by atoms with Crippen molar-refractivity contribution < 1.29 is 13.6 Å². The summed E-state index contributed by atoms with van der Waals surface area (Å²) in [6.45, 7) is 1.31. The van der Waals surface area contributed by atoms with Gasteiger partial charge >= 0.3 is 0 Å². The van der Waals surface area contributed by atoms with Gasteiger partial charge in [-0.25, -0.2) is 13.8 Å². The maximum Gasteiger partial charge on any atom is 0.270 e. The Hall–Kier alpha value is -2.41. The second-order valence-corrected chi connectivity index (χ2v) is 6.13. The van der Waals surface area contributed by atoms with Crippen LogP contribution in [0.1, 0.15) is 27.9 Å². The largest absolute Gasteiger partial charge is 0.298 e. The molecule has 0 saturated heterocycles. The van der Waals surface area contributed by atoms with Gasteiger partial charge < -0.3 is 0 Å². The van der Waals surface area contributed by atoms with Crippen molar-refractivity contribution in [3.05, 3.63) is 58.2 Å². The van der Waals surface area contributed by atoms with Crippen molar-refractivity contribution in [1.29, 1.82) is 0 Å². The number of hydrogen-bond acceptors (Lipinski definition) is 4. The molecule has 0 saturated carbocycles. The molecule has 0 amide bonds. The third kappa shape index (κ3) is 3.50. The van der Waals surface area contributed by atoms with Gasteiger partial charge in [0.25, 0.3) is 5.92 Å². The molecule has 0 spiro atoms. The molecule has 0 aliphatic carbocycles. The number of nitrogens with zero attached hydrogens (tertiary/aromatic N) is 3. The topological polar surface area (TPSA) is 47.8 Å². The van der Waals surface area contributed by atoms with Gasteiger partial charge in [-0.1, -0.05) is 18.2 Å². The Morgan fingerprint density at radius 1 is 1.39 bits per heavy atom. The van der Waals surface area contributed by atoms with Crippen LogP contribution in [0.5, 0.6) is 0 Å². The molecule has 0 aliphatic heterocycles. The highest BCUT2D eigenvalue weighted by Crippen LogP contribution is 2.31. The smallest absolute Gasteiger partial charge is 0.270 e. The lowest BCUT2D eigenvalue weighted by atomic mass is 10.1. The third-order valence-corrected chi connectivity index (χ3v) is 4.14. The first-order valence-electron chi connectivity index (χ1n) is 6.86. The number of carbonyl (C=O) groups is 1. The van der Waals surface area contributed by atoms with Gasteiger partial charge in [-0.15, -0.1) is 11.3 Å². The minimum Gasteiger partial charge on any atom is -0.298 e. The number of carbonyl (C=O) groups excluding carboxylic acids is 1. The summed E-state index contributed by atoms with van der Waals surface area (Å²) in [6, 6.07) is 6.22. The molecule has 0 radical (unpaired) electrons. The van der Waals surface area contributed by atoms with Crippen LogP contribution >= 0.6 is 11.3 Å². The van der Waals surface area contributed by atoms with Crippen molar-refractivity contribution in [3.63, 3.8) is 0 Å². The van der Waals surface area contributed by atoms with E-state index in [2.05, 4.69) is 10.1 Å². The van der Waals surface area contributed by atoms with E-state index in [1.54, 1.807) is 23.0 Å². The van der Waals surface area contributed by atoms with E-state index in [4.69, 9.17) is 0 Å². The molecule has 0 fully saturated rings. The summed E-state index contributed by atoms with van der Waals surface area (Å²) in [7, 11) is 0. The Bertz CT molecular complexity index is 836. The van der Waals surface area contributed by atoms with Crippen molar-refractivity contribution in [2.45, 2.75) is 19.4 Å². The van der Waals surface area contributed by atoms with Gasteiger partial charge in [0.1, 0.15) is 5.01 Å². The molecule has 0 atom stereocenters. The fourth-order valence-corrected chi connectivity index (χ4v) is 2.93. The lowest BCUT2D eigenvalue weighted by Gasteiger charge is -2.11. The summed E-state index contributed by atoms with van der Waals surface area (Å²) in [5.74, 6) is -2.88. The van der Waals surface area contributed by atoms with E-state index in [-0.39, 0.29) is 5.56 Å². The van der Waals surface area contributed by atoms with Crippen LogP contribution in [0.15, 0.2) is 42.0 Å². The molecule has 0 aliphatic rings. The molecule has 1 aromatic carbocycles. The van der Waals surface area contributed by atoms with Crippen molar-refractivity contribution >= 4 is 17.6 Å². The van der Waals surface area contributed by atoms with Crippen LogP contribution in [0.3, 0.4) is 0 Å². The van der Waals surface area contributed by atoms with Crippen molar-refractivity contribution in [2.24, 2.45) is 0 Å². The van der Waals surface area contributed by atoms with Crippen LogP contribution in [-0.2, 0) is 12.5 Å². The van der Waals surface area contributed by atoms with E-state index in [1.165, 1.54) is 29.7 Å². The number of aldehydes is 1. The number of benzene rings is 1. The minimum absolute atomic E-state index is 0.0350. The molecule has 0 bridgehead atoms. The molecule has 23 heavy (non-hydrogen) atoms. The minimum atomic E-state index is -2.88. The fourth-order valence-electron chi connectivity index (χ4n) is 2.13. The number of alkyl halides is 2. The molecule has 3 aromatic rings. The molecule has 2 aromatic heterocycles. The molecule has 118 valence electrons. The summed E-state index contributed by atoms with van der Waals surface area (Å²) in [6.07, 6.45) is 3.84. The number of halogens is 2. The van der Waals surface area contributed by atoms with Crippen LogP contribution in [-0.4, -0.2) is 21.1 Å². The SMILES string of the molecule is CC(F)(F)c1cccc(-c2csc(Cn3cc(C=O)cn3)n2)c1. The number of aromatic nitrogens is 3. The van der Waals surface area contributed by atoms with E-state index in [0.717, 1.165) is 18.2 Å². The summed E-state index contributed by atoms with van der Waals surface area (Å²) >= 11 is 1.42. The van der Waals surface area contributed by atoms with E-state index >= 15 is 0 Å². The number of hydrogen-bond donors (Lipinski definition) is 0. The van der Waals surface area contributed by atoms with E-state index < -0.39 is 5.92 Å². The molecule has 0 N–H and O–H groups in total. The second-order valence-electron chi connectivity index (χ2n) is 5.18. The Morgan fingerprint density at radius 2 is 2.22 bits per heavy atom. The van der Waals surface area contributed by atoms with E-state index in [9.17, 15) is 13.6 Å². The highest BCUT2D eigenvalue weighted by molar-refractivity contribution is 7.09.